The zero-order valence-corrected chi connectivity index (χ0v) is 14.2. The zero-order chi connectivity index (χ0) is 17.5. The van der Waals surface area contributed by atoms with Gasteiger partial charge in [0, 0.05) is 30.3 Å². The van der Waals surface area contributed by atoms with Crippen LogP contribution in [0.3, 0.4) is 0 Å². The van der Waals surface area contributed by atoms with Crippen molar-refractivity contribution in [2.24, 2.45) is 5.92 Å². The highest BCUT2D eigenvalue weighted by atomic mass is 16.2. The van der Waals surface area contributed by atoms with Gasteiger partial charge in [0.15, 0.2) is 5.82 Å². The highest BCUT2D eigenvalue weighted by Crippen LogP contribution is 2.27. The quantitative estimate of drug-likeness (QED) is 0.708. The first-order valence-electron chi connectivity index (χ1n) is 8.83. The lowest BCUT2D eigenvalue weighted by atomic mass is 9.98. The Morgan fingerprint density at radius 2 is 2.00 bits per heavy atom. The molecule has 3 aromatic rings. The number of hydrogen-bond donors (Lipinski definition) is 0. The minimum atomic E-state index is -0.0416. The maximum Gasteiger partial charge on any atom is 0.228 e. The van der Waals surface area contributed by atoms with Crippen molar-refractivity contribution in [1.82, 2.24) is 29.6 Å². The number of amides is 1. The van der Waals surface area contributed by atoms with Gasteiger partial charge in [0.1, 0.15) is 12.2 Å². The predicted molar refractivity (Wildman–Crippen MR) is 93.6 cm³/mol. The molecule has 2 aliphatic heterocycles. The standard InChI is InChI=1S/C19H18N6O/c26-19(14-6-7-17-21-12-22-25(17)10-14)24-9-15-8-20-18(23-16(15)11-24)13-4-2-1-3-5-13/h1-5,8,12,14H,6-7,9-11H2. The fourth-order valence-corrected chi connectivity index (χ4v) is 3.73. The lowest BCUT2D eigenvalue weighted by Gasteiger charge is -2.26. The van der Waals surface area contributed by atoms with E-state index in [2.05, 4.69) is 15.1 Å². The van der Waals surface area contributed by atoms with Gasteiger partial charge in [-0.25, -0.2) is 19.6 Å². The van der Waals surface area contributed by atoms with E-state index in [1.807, 2.05) is 46.1 Å². The summed E-state index contributed by atoms with van der Waals surface area (Å²) >= 11 is 0. The number of fused-ring (bicyclic) bond motifs is 2. The summed E-state index contributed by atoms with van der Waals surface area (Å²) in [6.07, 6.45) is 5.05. The number of aromatic nitrogens is 5. The predicted octanol–water partition coefficient (Wildman–Crippen LogP) is 1.84. The Morgan fingerprint density at radius 3 is 2.88 bits per heavy atom. The molecule has 0 fully saturated rings. The van der Waals surface area contributed by atoms with Crippen LogP contribution in [0, 0.1) is 5.92 Å². The maximum absolute atomic E-state index is 13.0. The largest absolute Gasteiger partial charge is 0.332 e. The van der Waals surface area contributed by atoms with Crippen LogP contribution in [-0.4, -0.2) is 35.5 Å². The second kappa shape index (κ2) is 6.01. The fourth-order valence-electron chi connectivity index (χ4n) is 3.73. The number of carbonyl (C=O) groups is 1. The Kier molecular flexibility index (Phi) is 3.51. The van der Waals surface area contributed by atoms with E-state index >= 15 is 0 Å². The third-order valence-electron chi connectivity index (χ3n) is 5.15. The molecule has 0 radical (unpaired) electrons. The first-order chi connectivity index (χ1) is 12.8. The van der Waals surface area contributed by atoms with E-state index in [9.17, 15) is 4.79 Å². The molecule has 0 bridgehead atoms. The van der Waals surface area contributed by atoms with E-state index in [1.165, 1.54) is 0 Å². The molecule has 0 saturated heterocycles. The van der Waals surface area contributed by atoms with E-state index in [0.717, 1.165) is 35.5 Å². The fraction of sp³-hybridized carbons (Fsp3) is 0.316. The van der Waals surface area contributed by atoms with Crippen LogP contribution < -0.4 is 0 Å². The molecule has 0 aliphatic carbocycles. The molecule has 5 rings (SSSR count). The van der Waals surface area contributed by atoms with E-state index in [0.29, 0.717) is 25.5 Å². The molecule has 1 unspecified atom stereocenters. The molecule has 130 valence electrons. The van der Waals surface area contributed by atoms with Gasteiger partial charge < -0.3 is 4.90 Å². The molecule has 7 heteroatoms. The van der Waals surface area contributed by atoms with E-state index in [1.54, 1.807) is 6.33 Å². The van der Waals surface area contributed by atoms with Crippen LogP contribution >= 0.6 is 0 Å². The van der Waals surface area contributed by atoms with Crippen LogP contribution in [0.15, 0.2) is 42.9 Å². The average molecular weight is 346 g/mol. The van der Waals surface area contributed by atoms with Crippen molar-refractivity contribution in [3.63, 3.8) is 0 Å². The zero-order valence-electron chi connectivity index (χ0n) is 14.2. The van der Waals surface area contributed by atoms with Gasteiger partial charge in [-0.15, -0.1) is 0 Å². The van der Waals surface area contributed by atoms with E-state index in [-0.39, 0.29) is 11.8 Å². The molecule has 1 atom stereocenters. The van der Waals surface area contributed by atoms with Crippen LogP contribution in [0.5, 0.6) is 0 Å². The van der Waals surface area contributed by atoms with Gasteiger partial charge in [0.2, 0.25) is 5.91 Å². The Hall–Kier alpha value is -3.09. The molecule has 7 nitrogen and oxygen atoms in total. The first-order valence-corrected chi connectivity index (χ1v) is 8.83. The summed E-state index contributed by atoms with van der Waals surface area (Å²) in [5.74, 6) is 1.81. The summed E-state index contributed by atoms with van der Waals surface area (Å²) in [5, 5.41) is 4.21. The molecule has 0 saturated carbocycles. The summed E-state index contributed by atoms with van der Waals surface area (Å²) in [6.45, 7) is 1.75. The molecule has 1 aromatic carbocycles. The van der Waals surface area contributed by atoms with Gasteiger partial charge in [-0.1, -0.05) is 30.3 Å². The van der Waals surface area contributed by atoms with E-state index in [4.69, 9.17) is 4.98 Å². The van der Waals surface area contributed by atoms with Gasteiger partial charge in [-0.3, -0.25) is 4.79 Å². The summed E-state index contributed by atoms with van der Waals surface area (Å²) < 4.78 is 1.85. The van der Waals surface area contributed by atoms with Crippen LogP contribution in [0.1, 0.15) is 23.5 Å². The number of aryl methyl sites for hydroxylation is 1. The number of hydrogen-bond acceptors (Lipinski definition) is 5. The summed E-state index contributed by atoms with van der Waals surface area (Å²) in [7, 11) is 0. The molecule has 2 aliphatic rings. The molecule has 0 spiro atoms. The van der Waals surface area contributed by atoms with Crippen molar-refractivity contribution >= 4 is 5.91 Å². The maximum atomic E-state index is 13.0. The number of carbonyl (C=O) groups excluding carboxylic acids is 1. The average Bonchev–Trinajstić information content (AvgIpc) is 3.33. The highest BCUT2D eigenvalue weighted by molar-refractivity contribution is 5.79. The molecule has 1 amide bonds. The normalized spacial score (nSPS) is 18.5. The molecule has 2 aromatic heterocycles. The van der Waals surface area contributed by atoms with Crippen molar-refractivity contribution in [1.29, 1.82) is 0 Å². The summed E-state index contributed by atoms with van der Waals surface area (Å²) in [6, 6.07) is 9.92. The van der Waals surface area contributed by atoms with Crippen LogP contribution in [0.2, 0.25) is 0 Å². The number of benzene rings is 1. The minimum absolute atomic E-state index is 0.0416. The highest BCUT2D eigenvalue weighted by Gasteiger charge is 2.33. The summed E-state index contributed by atoms with van der Waals surface area (Å²) in [5.41, 5.74) is 2.98. The van der Waals surface area contributed by atoms with Gasteiger partial charge >= 0.3 is 0 Å². The number of rotatable bonds is 2. The van der Waals surface area contributed by atoms with Crippen molar-refractivity contribution in [2.75, 3.05) is 0 Å². The SMILES string of the molecule is O=C(C1CCc2ncnn2C1)N1Cc2cnc(-c3ccccc3)nc2C1. The monoisotopic (exact) mass is 346 g/mol. The Bertz CT molecular complexity index is 967. The van der Waals surface area contributed by atoms with E-state index < -0.39 is 0 Å². The smallest absolute Gasteiger partial charge is 0.228 e. The lowest BCUT2D eigenvalue weighted by Crippen LogP contribution is -2.37. The van der Waals surface area contributed by atoms with Crippen molar-refractivity contribution in [3.05, 3.63) is 59.9 Å². The second-order valence-electron chi connectivity index (χ2n) is 6.82. The molecule has 0 N–H and O–H groups in total. The van der Waals surface area contributed by atoms with Crippen molar-refractivity contribution in [2.45, 2.75) is 32.5 Å². The third-order valence-corrected chi connectivity index (χ3v) is 5.15. The number of nitrogens with zero attached hydrogens (tertiary/aromatic N) is 6. The Morgan fingerprint density at radius 1 is 1.12 bits per heavy atom. The molecule has 26 heavy (non-hydrogen) atoms. The third kappa shape index (κ3) is 2.56. The molecular formula is C19H18N6O. The topological polar surface area (TPSA) is 76.8 Å². The molecular weight excluding hydrogens is 328 g/mol. The van der Waals surface area contributed by atoms with Crippen molar-refractivity contribution < 1.29 is 4.79 Å². The van der Waals surface area contributed by atoms with Crippen LogP contribution in [-0.2, 0) is 30.8 Å². The van der Waals surface area contributed by atoms with Gasteiger partial charge in [0.05, 0.1) is 24.7 Å². The van der Waals surface area contributed by atoms with Crippen molar-refractivity contribution in [3.8, 4) is 11.4 Å². The van der Waals surface area contributed by atoms with Gasteiger partial charge in [-0.05, 0) is 6.42 Å². The molecule has 4 heterocycles. The Labute approximate surface area is 150 Å². The van der Waals surface area contributed by atoms with Gasteiger partial charge in [-0.2, -0.15) is 5.10 Å². The Balaban J connectivity index is 1.34. The summed E-state index contributed by atoms with van der Waals surface area (Å²) in [4.78, 5) is 28.3. The lowest BCUT2D eigenvalue weighted by molar-refractivity contribution is -0.137. The van der Waals surface area contributed by atoms with Crippen LogP contribution in [0.25, 0.3) is 11.4 Å². The minimum Gasteiger partial charge on any atom is -0.332 e. The van der Waals surface area contributed by atoms with Crippen LogP contribution in [0.4, 0.5) is 0 Å². The van der Waals surface area contributed by atoms with Gasteiger partial charge in [0.25, 0.3) is 0 Å². The second-order valence-corrected chi connectivity index (χ2v) is 6.82. The first kappa shape index (κ1) is 15.2.